The Hall–Kier alpha value is -1.78. The molecule has 20 heavy (non-hydrogen) atoms. The lowest BCUT2D eigenvalue weighted by Crippen LogP contribution is -2.18. The number of hydrogen-bond donors (Lipinski definition) is 1. The van der Waals surface area contributed by atoms with Gasteiger partial charge in [-0.2, -0.15) is 0 Å². The topological polar surface area (TPSA) is 12.0 Å². The van der Waals surface area contributed by atoms with Gasteiger partial charge in [0.2, 0.25) is 0 Å². The molecule has 0 spiro atoms. The summed E-state index contributed by atoms with van der Waals surface area (Å²) in [5, 5.41) is 6.24. The van der Waals surface area contributed by atoms with Crippen molar-refractivity contribution in [1.82, 2.24) is 5.32 Å². The van der Waals surface area contributed by atoms with Crippen LogP contribution in [0, 0.1) is 11.6 Å². The summed E-state index contributed by atoms with van der Waals surface area (Å²) < 4.78 is 28.2. The standard InChI is InChI=1S/C16H13F2NS/c1-19-16(12-7-6-10(17)8-14(12)18)13-9-20-15-5-3-2-4-11(13)15/h2-9,16,19H,1H3. The molecule has 1 N–H and O–H groups in total. The largest absolute Gasteiger partial charge is 0.309 e. The molecule has 3 aromatic rings. The summed E-state index contributed by atoms with van der Waals surface area (Å²) in [6.45, 7) is 0. The van der Waals surface area contributed by atoms with Crippen LogP contribution in [0.15, 0.2) is 47.8 Å². The summed E-state index contributed by atoms with van der Waals surface area (Å²) in [6, 6.07) is 11.4. The zero-order valence-electron chi connectivity index (χ0n) is 10.9. The van der Waals surface area contributed by atoms with Crippen LogP contribution in [0.25, 0.3) is 10.1 Å². The van der Waals surface area contributed by atoms with Gasteiger partial charge in [-0.3, -0.25) is 0 Å². The van der Waals surface area contributed by atoms with E-state index in [0.29, 0.717) is 5.56 Å². The fourth-order valence-corrected chi connectivity index (χ4v) is 3.42. The average molecular weight is 289 g/mol. The van der Waals surface area contributed by atoms with Gasteiger partial charge in [-0.25, -0.2) is 8.78 Å². The molecule has 0 bridgehead atoms. The van der Waals surface area contributed by atoms with Crippen molar-refractivity contribution in [3.63, 3.8) is 0 Å². The van der Waals surface area contributed by atoms with E-state index in [1.165, 1.54) is 12.1 Å². The molecule has 2 aromatic carbocycles. The number of hydrogen-bond acceptors (Lipinski definition) is 2. The van der Waals surface area contributed by atoms with Crippen molar-refractivity contribution in [3.8, 4) is 0 Å². The minimum atomic E-state index is -0.559. The number of benzene rings is 2. The summed E-state index contributed by atoms with van der Waals surface area (Å²) in [6.07, 6.45) is 0. The fraction of sp³-hybridized carbons (Fsp3) is 0.125. The van der Waals surface area contributed by atoms with Crippen LogP contribution in [-0.4, -0.2) is 7.05 Å². The molecule has 0 radical (unpaired) electrons. The lowest BCUT2D eigenvalue weighted by Gasteiger charge is -2.17. The molecule has 4 heteroatoms. The molecule has 0 amide bonds. The molecule has 0 aliphatic heterocycles. The molecule has 102 valence electrons. The molecule has 0 fully saturated rings. The molecule has 1 atom stereocenters. The van der Waals surface area contributed by atoms with Crippen LogP contribution in [0.4, 0.5) is 8.78 Å². The van der Waals surface area contributed by atoms with E-state index in [-0.39, 0.29) is 6.04 Å². The number of halogens is 2. The lowest BCUT2D eigenvalue weighted by molar-refractivity contribution is 0.553. The van der Waals surface area contributed by atoms with Gasteiger partial charge in [0.05, 0.1) is 6.04 Å². The quantitative estimate of drug-likeness (QED) is 0.749. The van der Waals surface area contributed by atoms with E-state index in [9.17, 15) is 8.78 Å². The van der Waals surface area contributed by atoms with Gasteiger partial charge in [-0.1, -0.05) is 24.3 Å². The second-order valence-electron chi connectivity index (χ2n) is 4.57. The Labute approximate surface area is 119 Å². The second-order valence-corrected chi connectivity index (χ2v) is 5.49. The zero-order valence-corrected chi connectivity index (χ0v) is 11.7. The maximum Gasteiger partial charge on any atom is 0.131 e. The van der Waals surface area contributed by atoms with Crippen molar-refractivity contribution < 1.29 is 8.78 Å². The summed E-state index contributed by atoms with van der Waals surface area (Å²) in [4.78, 5) is 0. The highest BCUT2D eigenvalue weighted by Gasteiger charge is 2.19. The van der Waals surface area contributed by atoms with Crippen molar-refractivity contribution in [3.05, 3.63) is 70.6 Å². The normalized spacial score (nSPS) is 12.8. The molecular formula is C16H13F2NS. The van der Waals surface area contributed by atoms with E-state index in [1.807, 2.05) is 29.6 Å². The van der Waals surface area contributed by atoms with E-state index in [1.54, 1.807) is 18.4 Å². The second kappa shape index (κ2) is 5.31. The Morgan fingerprint density at radius 1 is 1.05 bits per heavy atom. The molecule has 3 rings (SSSR count). The van der Waals surface area contributed by atoms with Crippen LogP contribution in [0.5, 0.6) is 0 Å². The first kappa shape index (κ1) is 13.2. The highest BCUT2D eigenvalue weighted by atomic mass is 32.1. The van der Waals surface area contributed by atoms with Crippen LogP contribution in [-0.2, 0) is 0 Å². The van der Waals surface area contributed by atoms with Gasteiger partial charge in [0.25, 0.3) is 0 Å². The van der Waals surface area contributed by atoms with E-state index < -0.39 is 11.6 Å². The molecule has 0 aliphatic rings. The molecule has 0 aliphatic carbocycles. The zero-order chi connectivity index (χ0) is 14.1. The smallest absolute Gasteiger partial charge is 0.131 e. The van der Waals surface area contributed by atoms with Crippen LogP contribution in [0.3, 0.4) is 0 Å². The van der Waals surface area contributed by atoms with Crippen LogP contribution in [0.1, 0.15) is 17.2 Å². The first-order chi connectivity index (χ1) is 9.70. The predicted molar refractivity (Wildman–Crippen MR) is 79.1 cm³/mol. The Morgan fingerprint density at radius 2 is 1.85 bits per heavy atom. The number of rotatable bonds is 3. The third kappa shape index (κ3) is 2.21. The van der Waals surface area contributed by atoms with Crippen LogP contribution < -0.4 is 5.32 Å². The van der Waals surface area contributed by atoms with Crippen molar-refractivity contribution in [2.75, 3.05) is 7.05 Å². The predicted octanol–water partition coefficient (Wildman–Crippen LogP) is 4.49. The Balaban J connectivity index is 2.14. The molecule has 0 saturated heterocycles. The fourth-order valence-electron chi connectivity index (χ4n) is 2.44. The highest BCUT2D eigenvalue weighted by Crippen LogP contribution is 2.34. The molecule has 0 saturated carbocycles. The summed E-state index contributed by atoms with van der Waals surface area (Å²) in [7, 11) is 1.78. The van der Waals surface area contributed by atoms with Gasteiger partial charge in [0.15, 0.2) is 0 Å². The third-order valence-electron chi connectivity index (χ3n) is 3.38. The van der Waals surface area contributed by atoms with Gasteiger partial charge in [0.1, 0.15) is 11.6 Å². The first-order valence-corrected chi connectivity index (χ1v) is 7.17. The highest BCUT2D eigenvalue weighted by molar-refractivity contribution is 7.17. The summed E-state index contributed by atoms with van der Waals surface area (Å²) in [5.41, 5.74) is 1.47. The monoisotopic (exact) mass is 289 g/mol. The van der Waals surface area contributed by atoms with Crippen LogP contribution >= 0.6 is 11.3 Å². The number of thiophene rings is 1. The lowest BCUT2D eigenvalue weighted by atomic mass is 9.98. The minimum Gasteiger partial charge on any atom is -0.309 e. The summed E-state index contributed by atoms with van der Waals surface area (Å²) >= 11 is 1.62. The summed E-state index contributed by atoms with van der Waals surface area (Å²) in [5.74, 6) is -1.09. The van der Waals surface area contributed by atoms with Gasteiger partial charge in [0, 0.05) is 16.3 Å². The maximum atomic E-state index is 14.0. The molecular weight excluding hydrogens is 276 g/mol. The average Bonchev–Trinajstić information content (AvgIpc) is 2.86. The van der Waals surface area contributed by atoms with Gasteiger partial charge in [-0.05, 0) is 35.5 Å². The van der Waals surface area contributed by atoms with E-state index in [2.05, 4.69) is 5.32 Å². The van der Waals surface area contributed by atoms with E-state index >= 15 is 0 Å². The Morgan fingerprint density at radius 3 is 2.60 bits per heavy atom. The van der Waals surface area contributed by atoms with Gasteiger partial charge >= 0.3 is 0 Å². The minimum absolute atomic E-state index is 0.285. The number of nitrogens with one attached hydrogen (secondary N) is 1. The molecule has 1 heterocycles. The SMILES string of the molecule is CNC(c1ccc(F)cc1F)c1csc2ccccc12. The Kier molecular flexibility index (Phi) is 3.51. The Bertz CT molecular complexity index is 751. The van der Waals surface area contributed by atoms with Crippen molar-refractivity contribution >= 4 is 21.4 Å². The van der Waals surface area contributed by atoms with Crippen molar-refractivity contribution in [1.29, 1.82) is 0 Å². The number of fused-ring (bicyclic) bond motifs is 1. The first-order valence-electron chi connectivity index (χ1n) is 6.29. The van der Waals surface area contributed by atoms with Gasteiger partial charge < -0.3 is 5.32 Å². The van der Waals surface area contributed by atoms with Crippen LogP contribution in [0.2, 0.25) is 0 Å². The van der Waals surface area contributed by atoms with Gasteiger partial charge in [-0.15, -0.1) is 11.3 Å². The van der Waals surface area contributed by atoms with E-state index in [4.69, 9.17) is 0 Å². The molecule has 1 nitrogen and oxygen atoms in total. The molecule has 1 unspecified atom stereocenters. The van der Waals surface area contributed by atoms with Crippen molar-refractivity contribution in [2.24, 2.45) is 0 Å². The van der Waals surface area contributed by atoms with Crippen molar-refractivity contribution in [2.45, 2.75) is 6.04 Å². The maximum absolute atomic E-state index is 14.0. The third-order valence-corrected chi connectivity index (χ3v) is 4.37. The van der Waals surface area contributed by atoms with E-state index in [0.717, 1.165) is 21.7 Å². The molecule has 1 aromatic heterocycles.